The van der Waals surface area contributed by atoms with E-state index in [1.165, 1.54) is 11.3 Å². The van der Waals surface area contributed by atoms with Crippen LogP contribution >= 0.6 is 11.3 Å². The number of rotatable bonds is 3. The Morgan fingerprint density at radius 2 is 2.47 bits per heavy atom. The third-order valence-electron chi connectivity index (χ3n) is 1.72. The van der Waals surface area contributed by atoms with E-state index in [9.17, 15) is 4.79 Å². The lowest BCUT2D eigenvalue weighted by Crippen LogP contribution is -2.13. The summed E-state index contributed by atoms with van der Waals surface area (Å²) in [6.45, 7) is 3.69. The van der Waals surface area contributed by atoms with Crippen LogP contribution in [-0.2, 0) is 4.79 Å². The second-order valence-corrected chi connectivity index (χ2v) is 3.47. The molecule has 2 heterocycles. The van der Waals surface area contributed by atoms with Gasteiger partial charge in [-0.2, -0.15) is 11.3 Å². The van der Waals surface area contributed by atoms with Gasteiger partial charge in [-0.3, -0.25) is 10.1 Å². The van der Waals surface area contributed by atoms with E-state index in [-0.39, 0.29) is 11.9 Å². The van der Waals surface area contributed by atoms with Crippen LogP contribution in [0.1, 0.15) is 5.56 Å². The highest BCUT2D eigenvalue weighted by atomic mass is 32.1. The molecule has 0 spiro atoms. The smallest absolute Gasteiger partial charge is 0.258 e. The number of amides is 1. The van der Waals surface area contributed by atoms with Crippen LogP contribution in [0.5, 0.6) is 0 Å². The van der Waals surface area contributed by atoms with Gasteiger partial charge in [-0.25, -0.2) is 5.10 Å². The Kier molecular flexibility index (Phi) is 2.55. The summed E-state index contributed by atoms with van der Waals surface area (Å²) in [7, 11) is 0. The molecule has 2 aromatic rings. The molecule has 15 heavy (non-hydrogen) atoms. The van der Waals surface area contributed by atoms with Crippen LogP contribution in [0.4, 0.5) is 5.95 Å². The van der Waals surface area contributed by atoms with Gasteiger partial charge in [0.2, 0.25) is 5.95 Å². The lowest BCUT2D eigenvalue weighted by Gasteiger charge is -2.01. The molecular weight excluding hydrogens is 214 g/mol. The van der Waals surface area contributed by atoms with Crippen molar-refractivity contribution in [3.8, 4) is 0 Å². The number of hydrogen-bond acceptors (Lipinski definition) is 5. The fraction of sp³-hybridized carbons (Fsp3) is 0. The Bertz CT molecular complexity index is 461. The summed E-state index contributed by atoms with van der Waals surface area (Å²) in [5.74, 6) is -0.122. The minimum absolute atomic E-state index is 0.205. The van der Waals surface area contributed by atoms with E-state index in [0.717, 1.165) is 5.56 Å². The molecule has 2 N–H and O–H groups in total. The van der Waals surface area contributed by atoms with Crippen molar-refractivity contribution < 1.29 is 4.79 Å². The lowest BCUT2D eigenvalue weighted by atomic mass is 10.1. The molecule has 76 valence electrons. The number of nitrogens with one attached hydrogen (secondary N) is 2. The van der Waals surface area contributed by atoms with Gasteiger partial charge in [-0.1, -0.05) is 11.7 Å². The van der Waals surface area contributed by atoms with Gasteiger partial charge in [0, 0.05) is 5.57 Å². The van der Waals surface area contributed by atoms with Gasteiger partial charge in [0.1, 0.15) is 0 Å². The molecule has 0 aromatic carbocycles. The number of hydrogen-bond donors (Lipinski definition) is 2. The number of aromatic nitrogens is 4. The first-order valence-corrected chi connectivity index (χ1v) is 4.98. The number of aromatic amines is 1. The molecule has 0 aliphatic carbocycles. The zero-order valence-electron chi connectivity index (χ0n) is 7.60. The van der Waals surface area contributed by atoms with Crippen molar-refractivity contribution in [2.75, 3.05) is 5.32 Å². The highest BCUT2D eigenvalue weighted by Gasteiger charge is 2.11. The lowest BCUT2D eigenvalue weighted by molar-refractivity contribution is -0.111. The molecule has 0 radical (unpaired) electrons. The van der Waals surface area contributed by atoms with Gasteiger partial charge < -0.3 is 0 Å². The molecule has 0 aliphatic rings. The molecule has 0 saturated carbocycles. The Morgan fingerprint density at radius 1 is 1.60 bits per heavy atom. The largest absolute Gasteiger partial charge is 0.289 e. The van der Waals surface area contributed by atoms with Crippen LogP contribution in [0, 0.1) is 0 Å². The van der Waals surface area contributed by atoms with Crippen LogP contribution in [-0.4, -0.2) is 26.5 Å². The fourth-order valence-corrected chi connectivity index (χ4v) is 1.63. The average molecular weight is 221 g/mol. The van der Waals surface area contributed by atoms with E-state index >= 15 is 0 Å². The Hall–Kier alpha value is -2.02. The number of anilines is 1. The maximum absolute atomic E-state index is 11.6. The van der Waals surface area contributed by atoms with E-state index < -0.39 is 0 Å². The van der Waals surface area contributed by atoms with Crippen LogP contribution in [0.3, 0.4) is 0 Å². The third kappa shape index (κ3) is 2.08. The maximum atomic E-state index is 11.6. The summed E-state index contributed by atoms with van der Waals surface area (Å²) in [4.78, 5) is 11.6. The van der Waals surface area contributed by atoms with Gasteiger partial charge in [0.15, 0.2) is 0 Å². The third-order valence-corrected chi connectivity index (χ3v) is 2.40. The normalized spacial score (nSPS) is 9.87. The van der Waals surface area contributed by atoms with E-state index in [0.29, 0.717) is 5.57 Å². The first-order valence-electron chi connectivity index (χ1n) is 4.04. The molecule has 2 aromatic heterocycles. The first-order chi connectivity index (χ1) is 7.27. The summed E-state index contributed by atoms with van der Waals surface area (Å²) in [6.07, 6.45) is 0. The van der Waals surface area contributed by atoms with E-state index in [2.05, 4.69) is 32.5 Å². The monoisotopic (exact) mass is 221 g/mol. The molecule has 2 rings (SSSR count). The van der Waals surface area contributed by atoms with Gasteiger partial charge in [-0.05, 0) is 32.8 Å². The number of carbonyl (C=O) groups excluding carboxylic acids is 1. The maximum Gasteiger partial charge on any atom is 0.258 e. The van der Waals surface area contributed by atoms with E-state index in [1.54, 1.807) is 0 Å². The average Bonchev–Trinajstić information content (AvgIpc) is 2.88. The molecule has 0 saturated heterocycles. The number of tetrazole rings is 1. The Morgan fingerprint density at radius 3 is 3.07 bits per heavy atom. The summed E-state index contributed by atoms with van der Waals surface area (Å²) < 4.78 is 0. The zero-order chi connectivity index (χ0) is 10.7. The van der Waals surface area contributed by atoms with Gasteiger partial charge in [-0.15, -0.1) is 0 Å². The Labute approximate surface area is 89.0 Å². The van der Waals surface area contributed by atoms with Crippen molar-refractivity contribution in [1.29, 1.82) is 0 Å². The zero-order valence-corrected chi connectivity index (χ0v) is 8.41. The van der Waals surface area contributed by atoms with Crippen LogP contribution in [0.15, 0.2) is 23.4 Å². The molecule has 0 bridgehead atoms. The quantitative estimate of drug-likeness (QED) is 0.755. The van der Waals surface area contributed by atoms with Crippen molar-refractivity contribution in [2.24, 2.45) is 0 Å². The highest BCUT2D eigenvalue weighted by Crippen LogP contribution is 2.16. The van der Waals surface area contributed by atoms with Gasteiger partial charge >= 0.3 is 0 Å². The van der Waals surface area contributed by atoms with Crippen molar-refractivity contribution in [3.05, 3.63) is 29.0 Å². The van der Waals surface area contributed by atoms with Gasteiger partial charge in [0.05, 0.1) is 0 Å². The van der Waals surface area contributed by atoms with Crippen molar-refractivity contribution in [2.45, 2.75) is 0 Å². The summed E-state index contributed by atoms with van der Waals surface area (Å²) >= 11 is 1.50. The summed E-state index contributed by atoms with van der Waals surface area (Å²) in [5.41, 5.74) is 1.18. The number of H-pyrrole nitrogens is 1. The van der Waals surface area contributed by atoms with Crippen LogP contribution in [0.2, 0.25) is 0 Å². The number of nitrogens with zero attached hydrogens (tertiary/aromatic N) is 3. The summed E-state index contributed by atoms with van der Waals surface area (Å²) in [6, 6.07) is 1.82. The molecule has 0 fully saturated rings. The molecule has 0 atom stereocenters. The van der Waals surface area contributed by atoms with E-state index in [4.69, 9.17) is 0 Å². The molecule has 0 unspecified atom stereocenters. The van der Waals surface area contributed by atoms with Crippen LogP contribution in [0.25, 0.3) is 5.57 Å². The minimum Gasteiger partial charge on any atom is -0.289 e. The van der Waals surface area contributed by atoms with Gasteiger partial charge in [0.25, 0.3) is 5.91 Å². The van der Waals surface area contributed by atoms with Crippen molar-refractivity contribution in [3.63, 3.8) is 0 Å². The number of thiophene rings is 1. The SMILES string of the molecule is C=C(C(=O)Nc1nnn[nH]1)c1ccsc1. The Balaban J connectivity index is 2.06. The minimum atomic E-state index is -0.327. The molecule has 1 amide bonds. The predicted octanol–water partition coefficient (Wildman–Crippen LogP) is 0.913. The molecular formula is C8H7N5OS. The fourth-order valence-electron chi connectivity index (χ4n) is 0.962. The first kappa shape index (κ1) is 9.53. The standard InChI is InChI=1S/C8H7N5OS/c1-5(6-2-3-15-4-6)7(14)9-8-10-12-13-11-8/h2-4H,1H2,(H2,9,10,11,12,13,14). The number of carbonyl (C=O) groups is 1. The van der Waals surface area contributed by atoms with Crippen LogP contribution < -0.4 is 5.32 Å². The summed E-state index contributed by atoms with van der Waals surface area (Å²) in [5, 5.41) is 18.8. The van der Waals surface area contributed by atoms with Crippen molar-refractivity contribution >= 4 is 28.8 Å². The second-order valence-electron chi connectivity index (χ2n) is 2.69. The second kappa shape index (κ2) is 4.01. The molecule has 7 heteroatoms. The predicted molar refractivity (Wildman–Crippen MR) is 56.2 cm³/mol. The topological polar surface area (TPSA) is 83.6 Å². The highest BCUT2D eigenvalue weighted by molar-refractivity contribution is 7.08. The molecule has 6 nitrogen and oxygen atoms in total. The van der Waals surface area contributed by atoms with E-state index in [1.807, 2.05) is 16.8 Å². The molecule has 0 aliphatic heterocycles. The van der Waals surface area contributed by atoms with Crippen molar-refractivity contribution in [1.82, 2.24) is 20.6 Å².